The van der Waals surface area contributed by atoms with Crippen LogP contribution in [0.3, 0.4) is 0 Å². The highest BCUT2D eigenvalue weighted by Gasteiger charge is 2.07. The molecule has 0 bridgehead atoms. The van der Waals surface area contributed by atoms with E-state index in [1.807, 2.05) is 32.0 Å². The molecule has 88 valence electrons. The van der Waals surface area contributed by atoms with Gasteiger partial charge in [-0.15, -0.1) is 0 Å². The fourth-order valence-electron chi connectivity index (χ4n) is 1.41. The Kier molecular flexibility index (Phi) is 4.62. The normalized spacial score (nSPS) is 12.2. The van der Waals surface area contributed by atoms with E-state index >= 15 is 0 Å². The molecular weight excluding hydrogens is 226 g/mol. The van der Waals surface area contributed by atoms with Gasteiger partial charge in [-0.1, -0.05) is 17.7 Å². The van der Waals surface area contributed by atoms with Crippen LogP contribution < -0.4 is 5.32 Å². The minimum Gasteiger partial charge on any atom is -0.481 e. The van der Waals surface area contributed by atoms with Crippen molar-refractivity contribution in [1.82, 2.24) is 0 Å². The van der Waals surface area contributed by atoms with Crippen molar-refractivity contribution in [2.75, 3.05) is 5.32 Å². The topological polar surface area (TPSA) is 49.3 Å². The average Bonchev–Trinajstić information content (AvgIpc) is 2.19. The van der Waals surface area contributed by atoms with Crippen LogP contribution in [0.1, 0.15) is 25.3 Å². The zero-order chi connectivity index (χ0) is 12.1. The molecule has 0 amide bonds. The second-order valence-corrected chi connectivity index (χ2v) is 4.37. The molecule has 1 unspecified atom stereocenters. The molecule has 1 atom stereocenters. The molecule has 0 spiro atoms. The molecule has 0 saturated heterocycles. The molecule has 3 nitrogen and oxygen atoms in total. The standard InChI is InChI=1S/C12H16ClNO2/c1-8-3-5-11(10(13)7-8)14-9(2)4-6-12(15)16/h3,5,7,9,14H,4,6H2,1-2H3,(H,15,16). The minimum absolute atomic E-state index is 0.0938. The Morgan fingerprint density at radius 3 is 2.81 bits per heavy atom. The van der Waals surface area contributed by atoms with Gasteiger partial charge in [0.1, 0.15) is 0 Å². The lowest BCUT2D eigenvalue weighted by atomic mass is 10.1. The van der Waals surface area contributed by atoms with Gasteiger partial charge in [-0.2, -0.15) is 0 Å². The van der Waals surface area contributed by atoms with Crippen molar-refractivity contribution in [2.45, 2.75) is 32.7 Å². The highest BCUT2D eigenvalue weighted by Crippen LogP contribution is 2.23. The molecular formula is C12H16ClNO2. The van der Waals surface area contributed by atoms with Gasteiger partial charge < -0.3 is 10.4 Å². The van der Waals surface area contributed by atoms with Crippen LogP contribution in [0.4, 0.5) is 5.69 Å². The molecule has 0 saturated carbocycles. The Morgan fingerprint density at radius 1 is 1.56 bits per heavy atom. The maximum absolute atomic E-state index is 10.4. The van der Waals surface area contributed by atoms with Gasteiger partial charge in [0, 0.05) is 12.5 Å². The molecule has 0 fully saturated rings. The summed E-state index contributed by atoms with van der Waals surface area (Å²) in [5.41, 5.74) is 1.96. The van der Waals surface area contributed by atoms with Gasteiger partial charge in [-0.25, -0.2) is 0 Å². The summed E-state index contributed by atoms with van der Waals surface area (Å²) >= 11 is 6.06. The average molecular weight is 242 g/mol. The van der Waals surface area contributed by atoms with Crippen molar-refractivity contribution in [3.8, 4) is 0 Å². The van der Waals surface area contributed by atoms with E-state index in [-0.39, 0.29) is 12.5 Å². The quantitative estimate of drug-likeness (QED) is 0.832. The lowest BCUT2D eigenvalue weighted by molar-refractivity contribution is -0.137. The first kappa shape index (κ1) is 12.8. The van der Waals surface area contributed by atoms with E-state index in [2.05, 4.69) is 5.32 Å². The summed E-state index contributed by atoms with van der Waals surface area (Å²) in [7, 11) is 0. The highest BCUT2D eigenvalue weighted by molar-refractivity contribution is 6.33. The third kappa shape index (κ3) is 4.11. The molecule has 2 N–H and O–H groups in total. The van der Waals surface area contributed by atoms with E-state index in [0.717, 1.165) is 11.3 Å². The Labute approximate surface area is 100 Å². The summed E-state index contributed by atoms with van der Waals surface area (Å²) in [6.45, 7) is 3.92. The number of hydrogen-bond acceptors (Lipinski definition) is 2. The van der Waals surface area contributed by atoms with Crippen LogP contribution in [-0.2, 0) is 4.79 Å². The van der Waals surface area contributed by atoms with Crippen LogP contribution in [0.25, 0.3) is 0 Å². The van der Waals surface area contributed by atoms with E-state index in [1.165, 1.54) is 0 Å². The number of hydrogen-bond donors (Lipinski definition) is 2. The number of carbonyl (C=O) groups is 1. The molecule has 1 aromatic carbocycles. The molecule has 0 heterocycles. The van der Waals surface area contributed by atoms with Crippen molar-refractivity contribution >= 4 is 23.3 Å². The van der Waals surface area contributed by atoms with Gasteiger partial charge in [0.05, 0.1) is 10.7 Å². The third-order valence-electron chi connectivity index (χ3n) is 2.32. The van der Waals surface area contributed by atoms with Crippen LogP contribution in [0.15, 0.2) is 18.2 Å². The van der Waals surface area contributed by atoms with Gasteiger partial charge >= 0.3 is 5.97 Å². The van der Waals surface area contributed by atoms with E-state index < -0.39 is 5.97 Å². The monoisotopic (exact) mass is 241 g/mol. The van der Waals surface area contributed by atoms with Gasteiger partial charge in [0.2, 0.25) is 0 Å². The minimum atomic E-state index is -0.774. The van der Waals surface area contributed by atoms with Crippen molar-refractivity contribution < 1.29 is 9.90 Å². The SMILES string of the molecule is Cc1ccc(NC(C)CCC(=O)O)c(Cl)c1. The van der Waals surface area contributed by atoms with Gasteiger partial charge in [0.25, 0.3) is 0 Å². The van der Waals surface area contributed by atoms with E-state index in [4.69, 9.17) is 16.7 Å². The lowest BCUT2D eigenvalue weighted by Gasteiger charge is -2.15. The highest BCUT2D eigenvalue weighted by atomic mass is 35.5. The van der Waals surface area contributed by atoms with Gasteiger partial charge in [-0.3, -0.25) is 4.79 Å². The molecule has 0 aliphatic heterocycles. The van der Waals surface area contributed by atoms with Crippen LogP contribution in [0, 0.1) is 6.92 Å². The summed E-state index contributed by atoms with van der Waals surface area (Å²) in [5, 5.41) is 12.4. The second-order valence-electron chi connectivity index (χ2n) is 3.96. The Bertz CT molecular complexity index is 379. The summed E-state index contributed by atoms with van der Waals surface area (Å²) in [6.07, 6.45) is 0.747. The predicted molar refractivity (Wildman–Crippen MR) is 66.1 cm³/mol. The Hall–Kier alpha value is -1.22. The first-order valence-electron chi connectivity index (χ1n) is 5.23. The van der Waals surface area contributed by atoms with Crippen molar-refractivity contribution in [1.29, 1.82) is 0 Å². The number of carboxylic acid groups (broad SMARTS) is 1. The number of aryl methyl sites for hydroxylation is 1. The largest absolute Gasteiger partial charge is 0.481 e. The van der Waals surface area contributed by atoms with Gasteiger partial charge in [0.15, 0.2) is 0 Å². The maximum Gasteiger partial charge on any atom is 0.303 e. The lowest BCUT2D eigenvalue weighted by Crippen LogP contribution is -2.16. The fraction of sp³-hybridized carbons (Fsp3) is 0.417. The molecule has 0 aliphatic rings. The number of benzene rings is 1. The number of carboxylic acids is 1. The maximum atomic E-state index is 10.4. The second kappa shape index (κ2) is 5.75. The smallest absolute Gasteiger partial charge is 0.303 e. The number of nitrogens with one attached hydrogen (secondary N) is 1. The summed E-state index contributed by atoms with van der Waals surface area (Å²) in [4.78, 5) is 10.4. The predicted octanol–water partition coefficient (Wildman–Crippen LogP) is 3.31. The molecule has 0 radical (unpaired) electrons. The zero-order valence-corrected chi connectivity index (χ0v) is 10.2. The number of aliphatic carboxylic acids is 1. The zero-order valence-electron chi connectivity index (χ0n) is 9.46. The van der Waals surface area contributed by atoms with E-state index in [9.17, 15) is 4.79 Å². The molecule has 4 heteroatoms. The van der Waals surface area contributed by atoms with Crippen molar-refractivity contribution in [2.24, 2.45) is 0 Å². The number of halogens is 1. The Morgan fingerprint density at radius 2 is 2.25 bits per heavy atom. The number of rotatable bonds is 5. The van der Waals surface area contributed by atoms with Crippen LogP contribution >= 0.6 is 11.6 Å². The van der Waals surface area contributed by atoms with Crippen molar-refractivity contribution in [3.05, 3.63) is 28.8 Å². The number of anilines is 1. The molecule has 0 aliphatic carbocycles. The van der Waals surface area contributed by atoms with Gasteiger partial charge in [-0.05, 0) is 38.0 Å². The first-order chi connectivity index (χ1) is 7.49. The Balaban J connectivity index is 2.55. The van der Waals surface area contributed by atoms with Crippen LogP contribution in [0.5, 0.6) is 0 Å². The molecule has 1 aromatic rings. The molecule has 0 aromatic heterocycles. The van der Waals surface area contributed by atoms with Crippen molar-refractivity contribution in [3.63, 3.8) is 0 Å². The summed E-state index contributed by atoms with van der Waals surface area (Å²) in [5.74, 6) is -0.774. The van der Waals surface area contributed by atoms with Crippen LogP contribution in [0.2, 0.25) is 5.02 Å². The third-order valence-corrected chi connectivity index (χ3v) is 2.63. The van der Waals surface area contributed by atoms with E-state index in [0.29, 0.717) is 11.4 Å². The summed E-state index contributed by atoms with van der Waals surface area (Å²) < 4.78 is 0. The first-order valence-corrected chi connectivity index (χ1v) is 5.61. The molecule has 16 heavy (non-hydrogen) atoms. The summed E-state index contributed by atoms with van der Waals surface area (Å²) in [6, 6.07) is 5.86. The molecule has 1 rings (SSSR count). The fourth-order valence-corrected chi connectivity index (χ4v) is 1.70. The van der Waals surface area contributed by atoms with Crippen LogP contribution in [-0.4, -0.2) is 17.1 Å². The van der Waals surface area contributed by atoms with E-state index in [1.54, 1.807) is 0 Å².